The van der Waals surface area contributed by atoms with E-state index in [2.05, 4.69) is 11.2 Å². The van der Waals surface area contributed by atoms with Crippen molar-refractivity contribution in [2.75, 3.05) is 0 Å². The van der Waals surface area contributed by atoms with E-state index in [-0.39, 0.29) is 23.8 Å². The molecule has 1 saturated heterocycles. The molecular formula is C16H26N2O2. The van der Waals surface area contributed by atoms with Crippen molar-refractivity contribution in [2.24, 2.45) is 11.8 Å². The number of carbonyl (C=O) groups is 2. The first kappa shape index (κ1) is 16.6. The number of terminal acetylenes is 1. The normalized spacial score (nSPS) is 24.8. The maximum atomic E-state index is 12.7. The van der Waals surface area contributed by atoms with Gasteiger partial charge in [0.15, 0.2) is 0 Å². The summed E-state index contributed by atoms with van der Waals surface area (Å²) in [7, 11) is 0. The fourth-order valence-electron chi connectivity index (χ4n) is 2.78. The van der Waals surface area contributed by atoms with Crippen LogP contribution >= 0.6 is 0 Å². The van der Waals surface area contributed by atoms with E-state index >= 15 is 0 Å². The van der Waals surface area contributed by atoms with Crippen molar-refractivity contribution in [3.63, 3.8) is 0 Å². The maximum Gasteiger partial charge on any atom is 0.246 e. The van der Waals surface area contributed by atoms with E-state index in [4.69, 9.17) is 6.42 Å². The molecule has 20 heavy (non-hydrogen) atoms. The molecule has 1 N–H and O–H groups in total. The van der Waals surface area contributed by atoms with E-state index in [1.54, 1.807) is 4.90 Å². The predicted octanol–water partition coefficient (Wildman–Crippen LogP) is 1.80. The fourth-order valence-corrected chi connectivity index (χ4v) is 2.78. The van der Waals surface area contributed by atoms with Gasteiger partial charge in [0.2, 0.25) is 11.8 Å². The van der Waals surface area contributed by atoms with E-state index in [9.17, 15) is 9.59 Å². The molecule has 4 heteroatoms. The van der Waals surface area contributed by atoms with E-state index in [1.165, 1.54) is 0 Å². The number of nitrogens with one attached hydrogen (secondary N) is 1. The standard InChI is InChI=1S/C16H26N2O2/c1-7-8-12(6)18-14(11(4)5)15(19)17-13(16(18)20)9-10(2)3/h1,10-14H,8-9H2,2-6H3,(H,17,19). The van der Waals surface area contributed by atoms with Crippen molar-refractivity contribution >= 4 is 11.8 Å². The number of hydrogen-bond donors (Lipinski definition) is 1. The van der Waals surface area contributed by atoms with Crippen LogP contribution in [0.1, 0.15) is 47.5 Å². The molecule has 0 saturated carbocycles. The quantitative estimate of drug-likeness (QED) is 0.780. The molecule has 0 radical (unpaired) electrons. The van der Waals surface area contributed by atoms with Crippen LogP contribution < -0.4 is 5.32 Å². The Morgan fingerprint density at radius 3 is 2.30 bits per heavy atom. The third kappa shape index (κ3) is 3.53. The zero-order valence-corrected chi connectivity index (χ0v) is 13.1. The van der Waals surface area contributed by atoms with Gasteiger partial charge in [-0.15, -0.1) is 12.3 Å². The van der Waals surface area contributed by atoms with Crippen LogP contribution in [0.3, 0.4) is 0 Å². The van der Waals surface area contributed by atoms with Gasteiger partial charge in [-0.1, -0.05) is 27.7 Å². The fraction of sp³-hybridized carbons (Fsp3) is 0.750. The molecule has 2 amide bonds. The lowest BCUT2D eigenvalue weighted by atomic mass is 9.92. The Morgan fingerprint density at radius 1 is 1.25 bits per heavy atom. The number of rotatable bonds is 5. The van der Waals surface area contributed by atoms with Crippen molar-refractivity contribution in [2.45, 2.75) is 65.6 Å². The highest BCUT2D eigenvalue weighted by molar-refractivity contribution is 5.97. The van der Waals surface area contributed by atoms with Gasteiger partial charge in [0.1, 0.15) is 12.1 Å². The van der Waals surface area contributed by atoms with Gasteiger partial charge in [0.25, 0.3) is 0 Å². The molecule has 1 rings (SSSR count). The molecule has 0 aliphatic carbocycles. The van der Waals surface area contributed by atoms with Crippen LogP contribution in [-0.2, 0) is 9.59 Å². The SMILES string of the molecule is C#CCC(C)N1C(=O)C(CC(C)C)NC(=O)C1C(C)C. The molecule has 3 unspecified atom stereocenters. The highest BCUT2D eigenvalue weighted by Gasteiger charge is 2.43. The summed E-state index contributed by atoms with van der Waals surface area (Å²) in [5.74, 6) is 2.95. The lowest BCUT2D eigenvalue weighted by Gasteiger charge is -2.44. The number of amides is 2. The molecule has 0 aromatic rings. The molecule has 1 fully saturated rings. The first-order valence-corrected chi connectivity index (χ1v) is 7.35. The van der Waals surface area contributed by atoms with E-state index in [0.717, 1.165) is 0 Å². The van der Waals surface area contributed by atoms with Gasteiger partial charge >= 0.3 is 0 Å². The van der Waals surface area contributed by atoms with Crippen molar-refractivity contribution < 1.29 is 9.59 Å². The van der Waals surface area contributed by atoms with E-state index in [0.29, 0.717) is 18.8 Å². The van der Waals surface area contributed by atoms with Gasteiger partial charge in [0, 0.05) is 12.5 Å². The van der Waals surface area contributed by atoms with Crippen molar-refractivity contribution in [1.29, 1.82) is 0 Å². The van der Waals surface area contributed by atoms with Gasteiger partial charge in [-0.05, 0) is 25.2 Å². The average Bonchev–Trinajstić information content (AvgIpc) is 2.31. The summed E-state index contributed by atoms with van der Waals surface area (Å²) in [6.07, 6.45) is 6.49. The first-order valence-electron chi connectivity index (χ1n) is 7.35. The second-order valence-corrected chi connectivity index (χ2v) is 6.38. The molecular weight excluding hydrogens is 252 g/mol. The van der Waals surface area contributed by atoms with Gasteiger partial charge in [-0.3, -0.25) is 9.59 Å². The van der Waals surface area contributed by atoms with Gasteiger partial charge < -0.3 is 10.2 Å². The summed E-state index contributed by atoms with van der Waals surface area (Å²) in [4.78, 5) is 26.7. The topological polar surface area (TPSA) is 49.4 Å². The Balaban J connectivity index is 3.04. The Kier molecular flexibility index (Phi) is 5.62. The summed E-state index contributed by atoms with van der Waals surface area (Å²) < 4.78 is 0. The molecule has 0 aromatic heterocycles. The molecule has 1 heterocycles. The monoisotopic (exact) mass is 278 g/mol. The summed E-state index contributed by atoms with van der Waals surface area (Å²) in [5, 5.41) is 2.87. The third-order valence-electron chi connectivity index (χ3n) is 3.66. The molecule has 112 valence electrons. The second kappa shape index (κ2) is 6.78. The Hall–Kier alpha value is -1.50. The van der Waals surface area contributed by atoms with Gasteiger partial charge in [0.05, 0.1) is 0 Å². The van der Waals surface area contributed by atoms with Crippen molar-refractivity contribution in [1.82, 2.24) is 10.2 Å². The van der Waals surface area contributed by atoms with Crippen molar-refractivity contribution in [3.8, 4) is 12.3 Å². The highest BCUT2D eigenvalue weighted by atomic mass is 16.2. The number of nitrogens with zero attached hydrogens (tertiary/aromatic N) is 1. The predicted molar refractivity (Wildman–Crippen MR) is 79.8 cm³/mol. The minimum atomic E-state index is -0.422. The summed E-state index contributed by atoms with van der Waals surface area (Å²) >= 11 is 0. The Labute approximate surface area is 122 Å². The third-order valence-corrected chi connectivity index (χ3v) is 3.66. The Morgan fingerprint density at radius 2 is 1.85 bits per heavy atom. The van der Waals surface area contributed by atoms with Crippen LogP contribution in [0, 0.1) is 24.2 Å². The molecule has 0 spiro atoms. The Bertz CT molecular complexity index is 409. The zero-order valence-electron chi connectivity index (χ0n) is 13.1. The van der Waals surface area contributed by atoms with Crippen LogP contribution in [-0.4, -0.2) is 34.8 Å². The van der Waals surface area contributed by atoms with Crippen LogP contribution in [0.5, 0.6) is 0 Å². The van der Waals surface area contributed by atoms with Crippen LogP contribution in [0.25, 0.3) is 0 Å². The summed E-state index contributed by atoms with van der Waals surface area (Å²) in [6.45, 7) is 9.91. The minimum absolute atomic E-state index is 0.000231. The molecule has 3 atom stereocenters. The summed E-state index contributed by atoms with van der Waals surface area (Å²) in [5.41, 5.74) is 0. The van der Waals surface area contributed by atoms with Crippen LogP contribution in [0.2, 0.25) is 0 Å². The molecule has 0 bridgehead atoms. The van der Waals surface area contributed by atoms with Crippen LogP contribution in [0.4, 0.5) is 0 Å². The first-order chi connectivity index (χ1) is 9.29. The lowest BCUT2D eigenvalue weighted by molar-refractivity contribution is -0.154. The van der Waals surface area contributed by atoms with Gasteiger partial charge in [-0.2, -0.15) is 0 Å². The molecule has 0 aromatic carbocycles. The molecule has 1 aliphatic rings. The molecule has 1 aliphatic heterocycles. The lowest BCUT2D eigenvalue weighted by Crippen LogP contribution is -2.66. The largest absolute Gasteiger partial charge is 0.342 e. The number of piperazine rings is 1. The van der Waals surface area contributed by atoms with Crippen molar-refractivity contribution in [3.05, 3.63) is 0 Å². The number of carbonyl (C=O) groups excluding carboxylic acids is 2. The zero-order chi connectivity index (χ0) is 15.4. The smallest absolute Gasteiger partial charge is 0.246 e. The van der Waals surface area contributed by atoms with E-state index < -0.39 is 12.1 Å². The summed E-state index contributed by atoms with van der Waals surface area (Å²) in [6, 6.07) is -0.951. The van der Waals surface area contributed by atoms with E-state index in [1.807, 2.05) is 34.6 Å². The van der Waals surface area contributed by atoms with Crippen LogP contribution in [0.15, 0.2) is 0 Å². The highest BCUT2D eigenvalue weighted by Crippen LogP contribution is 2.23. The van der Waals surface area contributed by atoms with Gasteiger partial charge in [-0.25, -0.2) is 0 Å². The maximum absolute atomic E-state index is 12.7. The average molecular weight is 278 g/mol. The second-order valence-electron chi connectivity index (χ2n) is 6.38. The number of hydrogen-bond acceptors (Lipinski definition) is 2. The molecule has 4 nitrogen and oxygen atoms in total. The minimum Gasteiger partial charge on any atom is -0.342 e.